The Balaban J connectivity index is 1.45. The molecule has 1 saturated heterocycles. The van der Waals surface area contributed by atoms with Gasteiger partial charge in [0.1, 0.15) is 5.01 Å². The Bertz CT molecular complexity index is 1050. The Morgan fingerprint density at radius 3 is 2.44 bits per heavy atom. The second-order valence-electron chi connectivity index (χ2n) is 7.20. The van der Waals surface area contributed by atoms with Crippen molar-refractivity contribution < 1.29 is 0 Å². The van der Waals surface area contributed by atoms with Crippen LogP contribution in [-0.2, 0) is 0 Å². The van der Waals surface area contributed by atoms with Gasteiger partial charge in [-0.25, -0.2) is 0 Å². The lowest BCUT2D eigenvalue weighted by atomic mass is 9.98. The van der Waals surface area contributed by atoms with Crippen molar-refractivity contribution in [2.24, 2.45) is 0 Å². The zero-order valence-corrected chi connectivity index (χ0v) is 16.1. The molecule has 1 aliphatic heterocycles. The number of likely N-dealkylation sites (N-methyl/N-ethyl adjacent to an activating group) is 1. The van der Waals surface area contributed by atoms with E-state index in [1.165, 1.54) is 17.5 Å². The van der Waals surface area contributed by atoms with E-state index in [0.717, 1.165) is 40.9 Å². The fourth-order valence-corrected chi connectivity index (χ4v) is 4.67. The third-order valence-electron chi connectivity index (χ3n) is 5.24. The molecule has 0 aliphatic carbocycles. The zero-order valence-electron chi connectivity index (χ0n) is 15.2. The maximum atomic E-state index is 4.84. The summed E-state index contributed by atoms with van der Waals surface area (Å²) in [5, 5.41) is 14.6. The van der Waals surface area contributed by atoms with Gasteiger partial charge in [0.25, 0.3) is 0 Å². The SMILES string of the molecule is CN1CCCC(c2nnc3sc(-c4ccc(-c5ccccc5)cc4)nn23)C1. The van der Waals surface area contributed by atoms with Crippen LogP contribution in [0.1, 0.15) is 24.6 Å². The number of benzene rings is 2. The molecule has 5 nitrogen and oxygen atoms in total. The predicted molar refractivity (Wildman–Crippen MR) is 109 cm³/mol. The summed E-state index contributed by atoms with van der Waals surface area (Å²) in [6, 6.07) is 19.0. The molecule has 5 rings (SSSR count). The van der Waals surface area contributed by atoms with Gasteiger partial charge in [0.2, 0.25) is 4.96 Å². The summed E-state index contributed by atoms with van der Waals surface area (Å²) in [6.07, 6.45) is 2.36. The van der Waals surface area contributed by atoms with E-state index in [1.54, 1.807) is 11.3 Å². The van der Waals surface area contributed by atoms with Gasteiger partial charge < -0.3 is 4.90 Å². The lowest BCUT2D eigenvalue weighted by Crippen LogP contribution is -2.31. The van der Waals surface area contributed by atoms with Gasteiger partial charge in [-0.15, -0.1) is 10.2 Å². The molecule has 0 amide bonds. The number of nitrogens with zero attached hydrogens (tertiary/aromatic N) is 5. The van der Waals surface area contributed by atoms with E-state index in [4.69, 9.17) is 5.10 Å². The molecule has 4 aromatic rings. The van der Waals surface area contributed by atoms with Crippen LogP contribution in [0.5, 0.6) is 0 Å². The van der Waals surface area contributed by atoms with Crippen LogP contribution in [0.15, 0.2) is 54.6 Å². The molecule has 0 bridgehead atoms. The number of piperidine rings is 1. The lowest BCUT2D eigenvalue weighted by molar-refractivity contribution is 0.244. The first kappa shape index (κ1) is 16.6. The smallest absolute Gasteiger partial charge is 0.234 e. The number of likely N-dealkylation sites (tertiary alicyclic amines) is 1. The molecular formula is C21H21N5S. The summed E-state index contributed by atoms with van der Waals surface area (Å²) in [5.74, 6) is 1.41. The largest absolute Gasteiger partial charge is 0.306 e. The van der Waals surface area contributed by atoms with E-state index in [2.05, 4.69) is 70.7 Å². The third kappa shape index (κ3) is 3.15. The van der Waals surface area contributed by atoms with Crippen LogP contribution in [0.25, 0.3) is 26.7 Å². The van der Waals surface area contributed by atoms with E-state index >= 15 is 0 Å². The van der Waals surface area contributed by atoms with Crippen LogP contribution < -0.4 is 0 Å². The highest BCUT2D eigenvalue weighted by atomic mass is 32.1. The summed E-state index contributed by atoms with van der Waals surface area (Å²) in [4.78, 5) is 3.24. The van der Waals surface area contributed by atoms with Gasteiger partial charge in [0.05, 0.1) is 0 Å². The van der Waals surface area contributed by atoms with Crippen LogP contribution in [-0.4, -0.2) is 44.8 Å². The minimum Gasteiger partial charge on any atom is -0.306 e. The Hall–Kier alpha value is -2.57. The summed E-state index contributed by atoms with van der Waals surface area (Å²) in [7, 11) is 2.17. The minimum atomic E-state index is 0.411. The summed E-state index contributed by atoms with van der Waals surface area (Å²) >= 11 is 1.60. The molecule has 2 aromatic heterocycles. The number of aromatic nitrogens is 4. The first-order valence-electron chi connectivity index (χ1n) is 9.34. The van der Waals surface area contributed by atoms with Gasteiger partial charge >= 0.3 is 0 Å². The molecule has 0 radical (unpaired) electrons. The molecule has 1 atom stereocenters. The molecule has 3 heterocycles. The second kappa shape index (κ2) is 6.87. The van der Waals surface area contributed by atoms with Gasteiger partial charge in [-0.2, -0.15) is 9.61 Å². The maximum absolute atomic E-state index is 4.84. The van der Waals surface area contributed by atoms with Gasteiger partial charge in [0, 0.05) is 18.0 Å². The van der Waals surface area contributed by atoms with Gasteiger partial charge in [-0.05, 0) is 37.6 Å². The number of hydrogen-bond acceptors (Lipinski definition) is 5. The number of fused-ring (bicyclic) bond motifs is 1. The number of hydrogen-bond donors (Lipinski definition) is 0. The van der Waals surface area contributed by atoms with Crippen molar-refractivity contribution in [2.45, 2.75) is 18.8 Å². The molecule has 27 heavy (non-hydrogen) atoms. The minimum absolute atomic E-state index is 0.411. The highest BCUT2D eigenvalue weighted by molar-refractivity contribution is 7.19. The topological polar surface area (TPSA) is 46.3 Å². The van der Waals surface area contributed by atoms with Crippen molar-refractivity contribution >= 4 is 16.3 Å². The Kier molecular flexibility index (Phi) is 4.22. The van der Waals surface area contributed by atoms with Crippen LogP contribution in [0.2, 0.25) is 0 Å². The summed E-state index contributed by atoms with van der Waals surface area (Å²) in [6.45, 7) is 2.19. The molecule has 1 fully saturated rings. The predicted octanol–water partition coefficient (Wildman–Crippen LogP) is 4.33. The van der Waals surface area contributed by atoms with Crippen molar-refractivity contribution in [1.29, 1.82) is 0 Å². The average molecular weight is 376 g/mol. The lowest BCUT2D eigenvalue weighted by Gasteiger charge is -2.28. The van der Waals surface area contributed by atoms with Crippen LogP contribution in [0, 0.1) is 0 Å². The van der Waals surface area contributed by atoms with Crippen molar-refractivity contribution in [3.8, 4) is 21.7 Å². The van der Waals surface area contributed by atoms with Gasteiger partial charge in [0.15, 0.2) is 5.82 Å². The fourth-order valence-electron chi connectivity index (χ4n) is 3.82. The molecule has 6 heteroatoms. The Labute approximate surface area is 162 Å². The molecule has 136 valence electrons. The fraction of sp³-hybridized carbons (Fsp3) is 0.286. The van der Waals surface area contributed by atoms with Gasteiger partial charge in [-0.1, -0.05) is 65.9 Å². The zero-order chi connectivity index (χ0) is 18.2. The van der Waals surface area contributed by atoms with Crippen LogP contribution in [0.4, 0.5) is 0 Å². The van der Waals surface area contributed by atoms with Gasteiger partial charge in [-0.3, -0.25) is 0 Å². The molecule has 1 aliphatic rings. The number of rotatable bonds is 3. The first-order valence-corrected chi connectivity index (χ1v) is 10.2. The molecule has 1 unspecified atom stereocenters. The quantitative estimate of drug-likeness (QED) is 0.535. The maximum Gasteiger partial charge on any atom is 0.234 e. The van der Waals surface area contributed by atoms with Crippen molar-refractivity contribution in [3.63, 3.8) is 0 Å². The normalized spacial score (nSPS) is 18.2. The monoisotopic (exact) mass is 375 g/mol. The Morgan fingerprint density at radius 2 is 1.67 bits per heavy atom. The van der Waals surface area contributed by atoms with Crippen molar-refractivity contribution in [3.05, 3.63) is 60.4 Å². The Morgan fingerprint density at radius 1 is 0.926 bits per heavy atom. The molecule has 2 aromatic carbocycles. The standard InChI is InChI=1S/C21H21N5S/c1-25-13-5-8-18(14-25)19-22-23-21-26(19)24-20(27-21)17-11-9-16(10-12-17)15-6-3-2-4-7-15/h2-4,6-7,9-12,18H,5,8,13-14H2,1H3. The summed E-state index contributed by atoms with van der Waals surface area (Å²) < 4.78 is 1.95. The molecular weight excluding hydrogens is 354 g/mol. The van der Waals surface area contributed by atoms with E-state index in [-0.39, 0.29) is 0 Å². The van der Waals surface area contributed by atoms with E-state index < -0.39 is 0 Å². The molecule has 0 spiro atoms. The average Bonchev–Trinajstić information content (AvgIpc) is 3.30. The van der Waals surface area contributed by atoms with E-state index in [1.807, 2.05) is 10.6 Å². The van der Waals surface area contributed by atoms with Crippen LogP contribution in [0.3, 0.4) is 0 Å². The third-order valence-corrected chi connectivity index (χ3v) is 6.19. The summed E-state index contributed by atoms with van der Waals surface area (Å²) in [5.41, 5.74) is 3.57. The second-order valence-corrected chi connectivity index (χ2v) is 8.16. The van der Waals surface area contributed by atoms with E-state index in [0.29, 0.717) is 5.92 Å². The van der Waals surface area contributed by atoms with Crippen LogP contribution >= 0.6 is 11.3 Å². The first-order chi connectivity index (χ1) is 13.3. The van der Waals surface area contributed by atoms with E-state index in [9.17, 15) is 0 Å². The molecule has 0 saturated carbocycles. The van der Waals surface area contributed by atoms with Crippen molar-refractivity contribution in [2.75, 3.05) is 20.1 Å². The highest BCUT2D eigenvalue weighted by Gasteiger charge is 2.25. The highest BCUT2D eigenvalue weighted by Crippen LogP contribution is 2.31. The molecule has 0 N–H and O–H groups in total. The van der Waals surface area contributed by atoms with Crippen molar-refractivity contribution in [1.82, 2.24) is 24.7 Å².